The van der Waals surface area contributed by atoms with E-state index in [2.05, 4.69) is 4.98 Å². The standard InChI is InChI=1S/C13H6Cl3FN2/c14-9-1-2-10(15)13(16)12(9)8-6-19-11(17)5-7(8)3-4-18/h1-2,5-6H,3H2. The van der Waals surface area contributed by atoms with Gasteiger partial charge in [-0.1, -0.05) is 34.8 Å². The molecule has 1 aromatic carbocycles. The molecule has 0 atom stereocenters. The Kier molecular flexibility index (Phi) is 4.26. The summed E-state index contributed by atoms with van der Waals surface area (Å²) in [7, 11) is 0. The van der Waals surface area contributed by atoms with E-state index in [0.29, 0.717) is 26.7 Å². The van der Waals surface area contributed by atoms with Crippen molar-refractivity contribution in [2.24, 2.45) is 0 Å². The van der Waals surface area contributed by atoms with Crippen LogP contribution in [0, 0.1) is 17.3 Å². The van der Waals surface area contributed by atoms with Gasteiger partial charge >= 0.3 is 0 Å². The van der Waals surface area contributed by atoms with Crippen molar-refractivity contribution >= 4 is 34.8 Å². The van der Waals surface area contributed by atoms with Gasteiger partial charge in [0.1, 0.15) is 0 Å². The molecule has 0 radical (unpaired) electrons. The SMILES string of the molecule is N#CCc1cc(F)ncc1-c1c(Cl)ccc(Cl)c1Cl. The zero-order valence-corrected chi connectivity index (χ0v) is 11.7. The minimum absolute atomic E-state index is 0.0218. The van der Waals surface area contributed by atoms with Crippen molar-refractivity contribution in [2.45, 2.75) is 6.42 Å². The molecule has 0 saturated carbocycles. The van der Waals surface area contributed by atoms with Crippen LogP contribution >= 0.6 is 34.8 Å². The van der Waals surface area contributed by atoms with Crippen LogP contribution in [0.2, 0.25) is 15.1 Å². The van der Waals surface area contributed by atoms with E-state index in [9.17, 15) is 4.39 Å². The van der Waals surface area contributed by atoms with Crippen LogP contribution in [0.25, 0.3) is 11.1 Å². The average Bonchev–Trinajstić information content (AvgIpc) is 2.37. The average molecular weight is 316 g/mol. The van der Waals surface area contributed by atoms with Crippen LogP contribution in [0.5, 0.6) is 0 Å². The Morgan fingerprint density at radius 3 is 2.58 bits per heavy atom. The lowest BCUT2D eigenvalue weighted by Gasteiger charge is -2.11. The molecular formula is C13H6Cl3FN2. The number of benzene rings is 1. The van der Waals surface area contributed by atoms with Crippen LogP contribution in [-0.2, 0) is 6.42 Å². The van der Waals surface area contributed by atoms with Gasteiger partial charge in [-0.15, -0.1) is 0 Å². The molecule has 0 saturated heterocycles. The summed E-state index contributed by atoms with van der Waals surface area (Å²) in [6, 6.07) is 6.30. The van der Waals surface area contributed by atoms with Gasteiger partial charge in [-0.2, -0.15) is 9.65 Å². The number of halogens is 4. The van der Waals surface area contributed by atoms with E-state index in [1.807, 2.05) is 6.07 Å². The van der Waals surface area contributed by atoms with Gasteiger partial charge in [0.25, 0.3) is 0 Å². The lowest BCUT2D eigenvalue weighted by molar-refractivity contribution is 0.582. The van der Waals surface area contributed by atoms with Gasteiger partial charge < -0.3 is 0 Å². The molecule has 1 heterocycles. The summed E-state index contributed by atoms with van der Waals surface area (Å²) in [5, 5.41) is 9.73. The van der Waals surface area contributed by atoms with Crippen molar-refractivity contribution in [3.8, 4) is 17.2 Å². The van der Waals surface area contributed by atoms with Gasteiger partial charge in [-0.25, -0.2) is 4.98 Å². The summed E-state index contributed by atoms with van der Waals surface area (Å²) in [5.74, 6) is -0.664. The Labute approximate surface area is 124 Å². The number of nitriles is 1. The molecule has 2 aromatic rings. The Bertz CT molecular complexity index is 680. The largest absolute Gasteiger partial charge is 0.228 e. The van der Waals surface area contributed by atoms with Crippen molar-refractivity contribution in [3.63, 3.8) is 0 Å². The summed E-state index contributed by atoms with van der Waals surface area (Å²) in [6.07, 6.45) is 1.32. The lowest BCUT2D eigenvalue weighted by atomic mass is 10.00. The van der Waals surface area contributed by atoms with E-state index in [1.54, 1.807) is 12.1 Å². The van der Waals surface area contributed by atoms with Gasteiger partial charge in [-0.05, 0) is 23.8 Å². The third kappa shape index (κ3) is 2.82. The van der Waals surface area contributed by atoms with E-state index in [0.717, 1.165) is 0 Å². The van der Waals surface area contributed by atoms with Crippen molar-refractivity contribution in [1.29, 1.82) is 5.26 Å². The lowest BCUT2D eigenvalue weighted by Crippen LogP contribution is -1.95. The Morgan fingerprint density at radius 2 is 1.89 bits per heavy atom. The smallest absolute Gasteiger partial charge is 0.213 e. The summed E-state index contributed by atoms with van der Waals surface area (Å²) in [5.41, 5.74) is 1.41. The molecule has 0 unspecified atom stereocenters. The summed E-state index contributed by atoms with van der Waals surface area (Å²) < 4.78 is 13.2. The first-order valence-electron chi connectivity index (χ1n) is 5.20. The highest BCUT2D eigenvalue weighted by Crippen LogP contribution is 2.40. The predicted octanol–water partition coefficient (Wildman–Crippen LogP) is 4.91. The van der Waals surface area contributed by atoms with Gasteiger partial charge in [0.15, 0.2) is 0 Å². The first-order valence-corrected chi connectivity index (χ1v) is 6.33. The number of pyridine rings is 1. The minimum Gasteiger partial charge on any atom is -0.228 e. The second-order valence-corrected chi connectivity index (χ2v) is 4.91. The normalized spacial score (nSPS) is 10.3. The number of rotatable bonds is 2. The van der Waals surface area contributed by atoms with E-state index in [1.165, 1.54) is 12.3 Å². The fourth-order valence-electron chi connectivity index (χ4n) is 1.70. The van der Waals surface area contributed by atoms with Gasteiger partial charge in [-0.3, -0.25) is 0 Å². The number of hydrogen-bond donors (Lipinski definition) is 0. The van der Waals surface area contributed by atoms with E-state index < -0.39 is 5.95 Å². The van der Waals surface area contributed by atoms with Crippen molar-refractivity contribution in [2.75, 3.05) is 0 Å². The fraction of sp³-hybridized carbons (Fsp3) is 0.0769. The summed E-state index contributed by atoms with van der Waals surface area (Å²) >= 11 is 18.2. The van der Waals surface area contributed by atoms with Crippen molar-refractivity contribution in [1.82, 2.24) is 4.98 Å². The number of hydrogen-bond acceptors (Lipinski definition) is 2. The predicted molar refractivity (Wildman–Crippen MR) is 74.0 cm³/mol. The monoisotopic (exact) mass is 314 g/mol. The van der Waals surface area contributed by atoms with Gasteiger partial charge in [0, 0.05) is 17.3 Å². The number of nitrogens with zero attached hydrogens (tertiary/aromatic N) is 2. The Morgan fingerprint density at radius 1 is 1.21 bits per heavy atom. The van der Waals surface area contributed by atoms with Crippen LogP contribution in [0.4, 0.5) is 4.39 Å². The molecule has 0 bridgehead atoms. The van der Waals surface area contributed by atoms with Crippen LogP contribution in [0.1, 0.15) is 5.56 Å². The van der Waals surface area contributed by atoms with Crippen LogP contribution < -0.4 is 0 Å². The molecule has 2 nitrogen and oxygen atoms in total. The highest BCUT2D eigenvalue weighted by atomic mass is 35.5. The molecule has 1 aromatic heterocycles. The van der Waals surface area contributed by atoms with Crippen LogP contribution in [0.3, 0.4) is 0 Å². The maximum atomic E-state index is 13.2. The minimum atomic E-state index is -0.664. The fourth-order valence-corrected chi connectivity index (χ4v) is 2.43. The molecule has 0 aliphatic heterocycles. The first-order chi connectivity index (χ1) is 9.04. The van der Waals surface area contributed by atoms with Gasteiger partial charge in [0.05, 0.1) is 27.6 Å². The molecule has 6 heteroatoms. The second kappa shape index (κ2) is 5.75. The maximum absolute atomic E-state index is 13.2. The molecule has 2 rings (SSSR count). The molecule has 0 aliphatic rings. The summed E-state index contributed by atoms with van der Waals surface area (Å²) in [4.78, 5) is 3.57. The molecular weight excluding hydrogens is 310 g/mol. The molecule has 96 valence electrons. The third-order valence-electron chi connectivity index (χ3n) is 2.54. The third-order valence-corrected chi connectivity index (χ3v) is 3.66. The quantitative estimate of drug-likeness (QED) is 0.583. The molecule has 0 amide bonds. The highest BCUT2D eigenvalue weighted by molar-refractivity contribution is 6.46. The highest BCUT2D eigenvalue weighted by Gasteiger charge is 2.16. The Hall–Kier alpha value is -1.34. The van der Waals surface area contributed by atoms with Crippen molar-refractivity contribution in [3.05, 3.63) is 51.0 Å². The zero-order chi connectivity index (χ0) is 14.0. The first kappa shape index (κ1) is 14.1. The number of aromatic nitrogens is 1. The zero-order valence-electron chi connectivity index (χ0n) is 9.42. The van der Waals surface area contributed by atoms with Crippen LogP contribution in [0.15, 0.2) is 24.4 Å². The molecule has 0 spiro atoms. The van der Waals surface area contributed by atoms with E-state index >= 15 is 0 Å². The molecule has 0 N–H and O–H groups in total. The second-order valence-electron chi connectivity index (χ2n) is 3.72. The summed E-state index contributed by atoms with van der Waals surface area (Å²) in [6.45, 7) is 0. The van der Waals surface area contributed by atoms with Crippen LogP contribution in [-0.4, -0.2) is 4.98 Å². The van der Waals surface area contributed by atoms with Crippen molar-refractivity contribution < 1.29 is 4.39 Å². The van der Waals surface area contributed by atoms with E-state index in [-0.39, 0.29) is 11.4 Å². The van der Waals surface area contributed by atoms with E-state index in [4.69, 9.17) is 40.1 Å². The van der Waals surface area contributed by atoms with Gasteiger partial charge in [0.2, 0.25) is 5.95 Å². The molecule has 0 aliphatic carbocycles. The maximum Gasteiger partial charge on any atom is 0.213 e. The topological polar surface area (TPSA) is 36.7 Å². The molecule has 0 fully saturated rings. The molecule has 19 heavy (non-hydrogen) atoms. The Balaban J connectivity index is 2.72.